The highest BCUT2D eigenvalue weighted by molar-refractivity contribution is 8.14. The zero-order valence-corrected chi connectivity index (χ0v) is 14.4. The van der Waals surface area contributed by atoms with Crippen LogP contribution in [-0.2, 0) is 14.8 Å². The Hall–Kier alpha value is -1.65. The predicted octanol–water partition coefficient (Wildman–Crippen LogP) is 1.29. The maximum atomic E-state index is 13.8. The van der Waals surface area contributed by atoms with Crippen molar-refractivity contribution in [1.82, 2.24) is 9.21 Å². The summed E-state index contributed by atoms with van der Waals surface area (Å²) in [5.41, 5.74) is 0. The number of nitrogens with zero attached hydrogens (tertiary/aromatic N) is 2. The second kappa shape index (κ2) is 6.34. The Balaban J connectivity index is 1.80. The third-order valence-corrected chi connectivity index (χ3v) is 6.73. The Kier molecular flexibility index (Phi) is 4.54. The Morgan fingerprint density at radius 3 is 2.67 bits per heavy atom. The molecule has 2 saturated heterocycles. The van der Waals surface area contributed by atoms with Crippen LogP contribution in [0.15, 0.2) is 23.1 Å². The average Bonchev–Trinajstić information content (AvgIpc) is 3.14. The van der Waals surface area contributed by atoms with E-state index in [1.807, 2.05) is 0 Å². The molecule has 1 aromatic carbocycles. The average molecular weight is 374 g/mol. The van der Waals surface area contributed by atoms with Gasteiger partial charge in [0.25, 0.3) is 5.24 Å². The van der Waals surface area contributed by atoms with E-state index in [-0.39, 0.29) is 40.6 Å². The minimum Gasteiger partial charge on any atom is -0.494 e. The first-order chi connectivity index (χ1) is 11.3. The van der Waals surface area contributed by atoms with Gasteiger partial charge in [-0.2, -0.15) is 4.31 Å². The second-order valence-electron chi connectivity index (χ2n) is 5.42. The normalized spacial score (nSPS) is 22.4. The quantitative estimate of drug-likeness (QED) is 0.790. The van der Waals surface area contributed by atoms with Gasteiger partial charge in [-0.1, -0.05) is 11.8 Å². The van der Waals surface area contributed by atoms with Gasteiger partial charge in [-0.05, 0) is 24.6 Å². The number of hydrogen-bond acceptors (Lipinski definition) is 6. The van der Waals surface area contributed by atoms with Crippen LogP contribution >= 0.6 is 11.8 Å². The summed E-state index contributed by atoms with van der Waals surface area (Å²) in [7, 11) is -2.61. The van der Waals surface area contributed by atoms with E-state index in [0.717, 1.165) is 22.7 Å². The summed E-state index contributed by atoms with van der Waals surface area (Å²) in [4.78, 5) is 24.5. The Morgan fingerprint density at radius 1 is 1.33 bits per heavy atom. The number of rotatable bonds is 4. The van der Waals surface area contributed by atoms with E-state index >= 15 is 0 Å². The van der Waals surface area contributed by atoms with Crippen LogP contribution in [0.2, 0.25) is 0 Å². The van der Waals surface area contributed by atoms with E-state index in [9.17, 15) is 22.4 Å². The zero-order valence-electron chi connectivity index (χ0n) is 12.8. The summed E-state index contributed by atoms with van der Waals surface area (Å²) in [5, 5.41) is -0.347. The van der Waals surface area contributed by atoms with Crippen molar-refractivity contribution in [3.05, 3.63) is 24.0 Å². The lowest BCUT2D eigenvalue weighted by molar-refractivity contribution is -0.126. The smallest absolute Gasteiger partial charge is 0.289 e. The first kappa shape index (κ1) is 17.2. The van der Waals surface area contributed by atoms with Crippen LogP contribution in [0.1, 0.15) is 6.42 Å². The molecular formula is C14H15FN2O5S2. The van der Waals surface area contributed by atoms with E-state index in [4.69, 9.17) is 4.74 Å². The number of hydrogen-bond donors (Lipinski definition) is 0. The molecule has 0 bridgehead atoms. The summed E-state index contributed by atoms with van der Waals surface area (Å²) < 4.78 is 45.0. The molecule has 7 nitrogen and oxygen atoms in total. The minimum absolute atomic E-state index is 0.0218. The number of methoxy groups -OCH3 is 1. The van der Waals surface area contributed by atoms with Gasteiger partial charge in [-0.3, -0.25) is 14.5 Å². The molecule has 0 saturated carbocycles. The van der Waals surface area contributed by atoms with E-state index < -0.39 is 21.9 Å². The highest BCUT2D eigenvalue weighted by atomic mass is 32.2. The van der Waals surface area contributed by atoms with E-state index in [1.54, 1.807) is 0 Å². The van der Waals surface area contributed by atoms with Gasteiger partial charge in [0.05, 0.1) is 23.8 Å². The van der Waals surface area contributed by atoms with Crippen molar-refractivity contribution in [2.45, 2.75) is 17.4 Å². The Labute approximate surface area is 142 Å². The molecule has 0 aromatic heterocycles. The molecule has 10 heteroatoms. The molecule has 130 valence electrons. The van der Waals surface area contributed by atoms with Crippen LogP contribution in [-0.4, -0.2) is 60.8 Å². The van der Waals surface area contributed by atoms with Gasteiger partial charge in [0.15, 0.2) is 11.6 Å². The Bertz CT molecular complexity index is 782. The van der Waals surface area contributed by atoms with Crippen LogP contribution in [0, 0.1) is 5.82 Å². The second-order valence-corrected chi connectivity index (χ2v) is 8.28. The van der Waals surface area contributed by atoms with E-state index in [2.05, 4.69) is 0 Å². The molecule has 0 spiro atoms. The van der Waals surface area contributed by atoms with Crippen molar-refractivity contribution in [2.75, 3.05) is 26.0 Å². The summed E-state index contributed by atoms with van der Waals surface area (Å²) in [6.45, 7) is 0.191. The summed E-state index contributed by atoms with van der Waals surface area (Å²) in [6.07, 6.45) is 0.371. The molecule has 1 unspecified atom stereocenters. The number of thioether (sulfide) groups is 1. The number of imide groups is 1. The van der Waals surface area contributed by atoms with Crippen molar-refractivity contribution >= 4 is 32.9 Å². The molecule has 2 heterocycles. The highest BCUT2D eigenvalue weighted by Crippen LogP contribution is 2.30. The van der Waals surface area contributed by atoms with Crippen LogP contribution in [0.25, 0.3) is 0 Å². The molecule has 2 aliphatic rings. The van der Waals surface area contributed by atoms with Gasteiger partial charge in [0.2, 0.25) is 15.9 Å². The highest BCUT2D eigenvalue weighted by Gasteiger charge is 2.42. The molecule has 0 N–H and O–H groups in total. The number of amides is 2. The third kappa shape index (κ3) is 2.89. The number of benzene rings is 1. The number of ether oxygens (including phenoxy) is 1. The van der Waals surface area contributed by atoms with E-state index in [0.29, 0.717) is 6.42 Å². The van der Waals surface area contributed by atoms with Crippen molar-refractivity contribution < 1.29 is 27.1 Å². The molecular weight excluding hydrogens is 359 g/mol. The monoisotopic (exact) mass is 374 g/mol. The number of sulfonamides is 1. The van der Waals surface area contributed by atoms with Gasteiger partial charge in [0, 0.05) is 13.1 Å². The molecule has 0 aliphatic carbocycles. The van der Waals surface area contributed by atoms with E-state index in [1.165, 1.54) is 23.5 Å². The van der Waals surface area contributed by atoms with Gasteiger partial charge in [-0.25, -0.2) is 12.8 Å². The molecule has 0 radical (unpaired) electrons. The van der Waals surface area contributed by atoms with Crippen LogP contribution in [0.4, 0.5) is 9.18 Å². The summed E-state index contributed by atoms with van der Waals surface area (Å²) in [5.74, 6) is -1.02. The van der Waals surface area contributed by atoms with Gasteiger partial charge in [0.1, 0.15) is 0 Å². The first-order valence-corrected chi connectivity index (χ1v) is 9.59. The van der Waals surface area contributed by atoms with Crippen LogP contribution < -0.4 is 4.74 Å². The van der Waals surface area contributed by atoms with Crippen molar-refractivity contribution in [3.8, 4) is 5.75 Å². The fourth-order valence-electron chi connectivity index (χ4n) is 2.81. The fraction of sp³-hybridized carbons (Fsp3) is 0.429. The molecule has 1 aromatic rings. The summed E-state index contributed by atoms with van der Waals surface area (Å²) >= 11 is 0.917. The van der Waals surface area contributed by atoms with Crippen molar-refractivity contribution in [2.24, 2.45) is 0 Å². The lowest BCUT2D eigenvalue weighted by Gasteiger charge is -2.21. The lowest BCUT2D eigenvalue weighted by Crippen LogP contribution is -2.41. The minimum atomic E-state index is -3.90. The van der Waals surface area contributed by atoms with Crippen LogP contribution in [0.5, 0.6) is 5.75 Å². The number of carbonyl (C=O) groups is 2. The fourth-order valence-corrected chi connectivity index (χ4v) is 5.09. The molecule has 2 aliphatic heterocycles. The van der Waals surface area contributed by atoms with Gasteiger partial charge in [-0.15, -0.1) is 0 Å². The number of carbonyl (C=O) groups excluding carboxylic acids is 2. The lowest BCUT2D eigenvalue weighted by atomic mass is 10.2. The molecule has 2 fully saturated rings. The number of halogens is 1. The molecule has 3 rings (SSSR count). The Morgan fingerprint density at radius 2 is 2.08 bits per heavy atom. The van der Waals surface area contributed by atoms with Gasteiger partial charge < -0.3 is 4.74 Å². The standard InChI is InChI=1S/C14H15FN2O5S2/c1-22-12-3-2-10(6-11(12)15)24(20,21)16-5-4-9(7-16)17-13(18)8-23-14(17)19/h2-3,6,9H,4-5,7-8H2,1H3. The van der Waals surface area contributed by atoms with Gasteiger partial charge >= 0.3 is 0 Å². The molecule has 2 amide bonds. The maximum Gasteiger partial charge on any atom is 0.289 e. The predicted molar refractivity (Wildman–Crippen MR) is 84.8 cm³/mol. The van der Waals surface area contributed by atoms with Crippen LogP contribution in [0.3, 0.4) is 0 Å². The third-order valence-electron chi connectivity index (χ3n) is 4.04. The molecule has 24 heavy (non-hydrogen) atoms. The largest absolute Gasteiger partial charge is 0.494 e. The maximum absolute atomic E-state index is 13.8. The zero-order chi connectivity index (χ0) is 17.5. The van der Waals surface area contributed by atoms with Crippen molar-refractivity contribution in [3.63, 3.8) is 0 Å². The SMILES string of the molecule is COc1ccc(S(=O)(=O)N2CCC(N3C(=O)CSC3=O)C2)cc1F. The summed E-state index contributed by atoms with van der Waals surface area (Å²) in [6, 6.07) is 2.95. The topological polar surface area (TPSA) is 84.0 Å². The van der Waals surface area contributed by atoms with Crippen molar-refractivity contribution in [1.29, 1.82) is 0 Å². The first-order valence-electron chi connectivity index (χ1n) is 7.17. The molecule has 1 atom stereocenters.